The number of para-hydroxylation sites is 1. The van der Waals surface area contributed by atoms with Gasteiger partial charge < -0.3 is 0 Å². The molecule has 1 saturated heterocycles. The third-order valence-electron chi connectivity index (χ3n) is 5.20. The highest BCUT2D eigenvalue weighted by Crippen LogP contribution is 2.32. The van der Waals surface area contributed by atoms with Crippen LogP contribution in [-0.4, -0.2) is 43.0 Å². The SMILES string of the molecule is CSc1cccc2sc(NC(=O)c3ccc(S(=O)(=O)N4CCCC(C)C4)cc3)nc12. The molecule has 158 valence electrons. The number of nitrogens with one attached hydrogen (secondary N) is 1. The first-order valence-corrected chi connectivity index (χ1v) is 13.2. The summed E-state index contributed by atoms with van der Waals surface area (Å²) in [6.07, 6.45) is 3.92. The Morgan fingerprint density at radius 2 is 2.00 bits per heavy atom. The maximum atomic E-state index is 12.9. The van der Waals surface area contributed by atoms with Crippen molar-refractivity contribution in [3.05, 3.63) is 48.0 Å². The van der Waals surface area contributed by atoms with Crippen LogP contribution >= 0.6 is 23.1 Å². The summed E-state index contributed by atoms with van der Waals surface area (Å²) in [5.41, 5.74) is 1.27. The van der Waals surface area contributed by atoms with Gasteiger partial charge in [-0.05, 0) is 61.4 Å². The van der Waals surface area contributed by atoms with Crippen LogP contribution in [0.3, 0.4) is 0 Å². The Hall–Kier alpha value is -1.94. The molecule has 1 aliphatic rings. The maximum absolute atomic E-state index is 12.9. The predicted molar refractivity (Wildman–Crippen MR) is 123 cm³/mol. The van der Waals surface area contributed by atoms with Crippen molar-refractivity contribution in [2.75, 3.05) is 24.7 Å². The minimum atomic E-state index is -3.53. The molecule has 1 N–H and O–H groups in total. The van der Waals surface area contributed by atoms with Crippen molar-refractivity contribution >= 4 is 54.4 Å². The van der Waals surface area contributed by atoms with Crippen molar-refractivity contribution in [3.8, 4) is 0 Å². The fraction of sp³-hybridized carbons (Fsp3) is 0.333. The van der Waals surface area contributed by atoms with Gasteiger partial charge in [-0.3, -0.25) is 10.1 Å². The molecule has 1 aliphatic heterocycles. The van der Waals surface area contributed by atoms with Gasteiger partial charge in [-0.2, -0.15) is 4.31 Å². The number of nitrogens with zero attached hydrogens (tertiary/aromatic N) is 2. The molecule has 0 radical (unpaired) electrons. The molecule has 1 atom stereocenters. The number of aromatic nitrogens is 1. The topological polar surface area (TPSA) is 79.4 Å². The third-order valence-corrected chi connectivity index (χ3v) is 8.78. The summed E-state index contributed by atoms with van der Waals surface area (Å²) < 4.78 is 28.3. The lowest BCUT2D eigenvalue weighted by Crippen LogP contribution is -2.39. The summed E-state index contributed by atoms with van der Waals surface area (Å²) in [4.78, 5) is 18.5. The van der Waals surface area contributed by atoms with E-state index < -0.39 is 10.0 Å². The Labute approximate surface area is 184 Å². The lowest BCUT2D eigenvalue weighted by molar-refractivity contribution is 0.102. The summed E-state index contributed by atoms with van der Waals surface area (Å²) in [7, 11) is -3.53. The lowest BCUT2D eigenvalue weighted by Gasteiger charge is -2.30. The van der Waals surface area contributed by atoms with Gasteiger partial charge in [0.15, 0.2) is 5.13 Å². The standard InChI is InChI=1S/C21H23N3O3S3/c1-14-5-4-12-24(13-14)30(26,27)16-10-8-15(9-11-16)20(25)23-21-22-19-17(28-2)6-3-7-18(19)29-21/h3,6-11,14H,4-5,12-13H2,1-2H3,(H,22,23,25). The molecule has 2 aromatic carbocycles. The highest BCUT2D eigenvalue weighted by molar-refractivity contribution is 7.98. The fourth-order valence-corrected chi connectivity index (χ4v) is 6.72. The van der Waals surface area contributed by atoms with E-state index in [9.17, 15) is 13.2 Å². The number of fused-ring (bicyclic) bond motifs is 1. The van der Waals surface area contributed by atoms with Gasteiger partial charge >= 0.3 is 0 Å². The Morgan fingerprint density at radius 1 is 1.23 bits per heavy atom. The van der Waals surface area contributed by atoms with Crippen molar-refractivity contribution in [1.82, 2.24) is 9.29 Å². The average Bonchev–Trinajstić information content (AvgIpc) is 3.16. The molecule has 1 aromatic heterocycles. The van der Waals surface area contributed by atoms with E-state index in [1.165, 1.54) is 23.5 Å². The Morgan fingerprint density at radius 3 is 2.70 bits per heavy atom. The van der Waals surface area contributed by atoms with Gasteiger partial charge in [0.05, 0.1) is 15.1 Å². The van der Waals surface area contributed by atoms with Gasteiger partial charge in [-0.15, -0.1) is 11.8 Å². The van der Waals surface area contributed by atoms with Crippen molar-refractivity contribution in [3.63, 3.8) is 0 Å². The molecule has 30 heavy (non-hydrogen) atoms. The Balaban J connectivity index is 1.51. The molecule has 0 bridgehead atoms. The zero-order valence-electron chi connectivity index (χ0n) is 16.8. The summed E-state index contributed by atoms with van der Waals surface area (Å²) in [6, 6.07) is 12.1. The number of piperidine rings is 1. The minimum absolute atomic E-state index is 0.220. The van der Waals surface area contributed by atoms with E-state index in [2.05, 4.69) is 17.2 Å². The third kappa shape index (κ3) is 4.25. The number of anilines is 1. The average molecular weight is 462 g/mol. The van der Waals surface area contributed by atoms with Gasteiger partial charge in [0.1, 0.15) is 0 Å². The molecule has 1 unspecified atom stereocenters. The summed E-state index contributed by atoms with van der Waals surface area (Å²) in [5, 5.41) is 3.35. The van der Waals surface area contributed by atoms with Crippen LogP contribution < -0.4 is 5.32 Å². The molecular weight excluding hydrogens is 438 g/mol. The molecule has 0 aliphatic carbocycles. The van der Waals surface area contributed by atoms with Gasteiger partial charge in [0.2, 0.25) is 10.0 Å². The van der Waals surface area contributed by atoms with Gasteiger partial charge in [0.25, 0.3) is 5.91 Å². The maximum Gasteiger partial charge on any atom is 0.257 e. The number of rotatable bonds is 5. The molecule has 2 heterocycles. The second kappa shape index (κ2) is 8.66. The van der Waals surface area contributed by atoms with Crippen LogP contribution in [0.1, 0.15) is 30.1 Å². The first kappa shape index (κ1) is 21.3. The van der Waals surface area contributed by atoms with Crippen LogP contribution in [0.25, 0.3) is 10.2 Å². The van der Waals surface area contributed by atoms with E-state index in [1.54, 1.807) is 28.2 Å². The number of amides is 1. The summed E-state index contributed by atoms with van der Waals surface area (Å²) in [6.45, 7) is 3.16. The van der Waals surface area contributed by atoms with Crippen LogP contribution in [0.4, 0.5) is 5.13 Å². The van der Waals surface area contributed by atoms with Crippen LogP contribution in [0.15, 0.2) is 52.3 Å². The van der Waals surface area contributed by atoms with E-state index in [-0.39, 0.29) is 10.8 Å². The Kier molecular flexibility index (Phi) is 6.15. The molecule has 9 heteroatoms. The van der Waals surface area contributed by atoms with Gasteiger partial charge in [-0.1, -0.05) is 24.3 Å². The number of thioether (sulfide) groups is 1. The van der Waals surface area contributed by atoms with Crippen molar-refractivity contribution in [2.45, 2.75) is 29.6 Å². The largest absolute Gasteiger partial charge is 0.298 e. The quantitative estimate of drug-likeness (QED) is 0.558. The second-order valence-corrected chi connectivity index (χ2v) is 11.2. The van der Waals surface area contributed by atoms with Crippen molar-refractivity contribution < 1.29 is 13.2 Å². The number of benzene rings is 2. The number of carbonyl (C=O) groups is 1. The second-order valence-electron chi connectivity index (χ2n) is 7.41. The fourth-order valence-electron chi connectivity index (χ4n) is 3.60. The van der Waals surface area contributed by atoms with E-state index >= 15 is 0 Å². The molecule has 0 saturated carbocycles. The van der Waals surface area contributed by atoms with E-state index in [0.717, 1.165) is 28.0 Å². The highest BCUT2D eigenvalue weighted by Gasteiger charge is 2.28. The Bertz CT molecular complexity index is 1170. The molecule has 6 nitrogen and oxygen atoms in total. The minimum Gasteiger partial charge on any atom is -0.298 e. The highest BCUT2D eigenvalue weighted by atomic mass is 32.2. The van der Waals surface area contributed by atoms with Crippen LogP contribution in [-0.2, 0) is 10.0 Å². The molecule has 0 spiro atoms. The molecule has 3 aromatic rings. The molecular formula is C21H23N3O3S3. The van der Waals surface area contributed by atoms with Crippen molar-refractivity contribution in [2.24, 2.45) is 5.92 Å². The van der Waals surface area contributed by atoms with Crippen LogP contribution in [0, 0.1) is 5.92 Å². The van der Waals surface area contributed by atoms with Crippen molar-refractivity contribution in [1.29, 1.82) is 0 Å². The van der Waals surface area contributed by atoms with Gasteiger partial charge in [0, 0.05) is 23.5 Å². The number of hydrogen-bond donors (Lipinski definition) is 1. The van der Waals surface area contributed by atoms with E-state index in [4.69, 9.17) is 0 Å². The van der Waals surface area contributed by atoms with E-state index in [1.807, 2.05) is 24.5 Å². The molecule has 1 amide bonds. The number of sulfonamides is 1. The van der Waals surface area contributed by atoms with Crippen LogP contribution in [0.5, 0.6) is 0 Å². The summed E-state index contributed by atoms with van der Waals surface area (Å²) >= 11 is 3.03. The number of carbonyl (C=O) groups excluding carboxylic acids is 1. The number of hydrogen-bond acceptors (Lipinski definition) is 6. The first-order chi connectivity index (χ1) is 14.4. The number of thiazole rings is 1. The molecule has 1 fully saturated rings. The van der Waals surface area contributed by atoms with E-state index in [0.29, 0.717) is 29.7 Å². The normalized spacial score (nSPS) is 17.9. The zero-order valence-corrected chi connectivity index (χ0v) is 19.2. The first-order valence-electron chi connectivity index (χ1n) is 9.73. The zero-order chi connectivity index (χ0) is 21.3. The smallest absolute Gasteiger partial charge is 0.257 e. The predicted octanol–water partition coefficient (Wildman–Crippen LogP) is 4.69. The molecule has 4 rings (SSSR count). The summed E-state index contributed by atoms with van der Waals surface area (Å²) in [5.74, 6) is 0.0503. The van der Waals surface area contributed by atoms with Crippen LogP contribution in [0.2, 0.25) is 0 Å². The van der Waals surface area contributed by atoms with Gasteiger partial charge in [-0.25, -0.2) is 13.4 Å². The monoisotopic (exact) mass is 461 g/mol. The lowest BCUT2D eigenvalue weighted by atomic mass is 10.0.